The lowest BCUT2D eigenvalue weighted by Gasteiger charge is -2.27. The predicted molar refractivity (Wildman–Crippen MR) is 116 cm³/mol. The second kappa shape index (κ2) is 9.17. The molecule has 1 saturated heterocycles. The Bertz CT molecular complexity index is 985. The summed E-state index contributed by atoms with van der Waals surface area (Å²) < 4.78 is 25.5. The number of carbonyl (C=O) groups excluding carboxylic acids is 1. The van der Waals surface area contributed by atoms with Crippen molar-refractivity contribution in [1.29, 1.82) is 0 Å². The van der Waals surface area contributed by atoms with Crippen LogP contribution in [0.4, 0.5) is 5.13 Å². The van der Waals surface area contributed by atoms with Crippen molar-refractivity contribution in [2.24, 2.45) is 0 Å². The Morgan fingerprint density at radius 1 is 1.24 bits per heavy atom. The Labute approximate surface area is 176 Å². The molecule has 1 amide bonds. The summed E-state index contributed by atoms with van der Waals surface area (Å²) in [5.41, 5.74) is 2.39. The molecule has 1 N–H and O–H groups in total. The predicted octanol–water partition coefficient (Wildman–Crippen LogP) is 3.03. The molecule has 0 atom stereocenters. The molecule has 1 aliphatic rings. The molecule has 7 nitrogen and oxygen atoms in total. The van der Waals surface area contributed by atoms with Crippen LogP contribution in [0.15, 0.2) is 40.9 Å². The number of likely N-dealkylation sites (tertiary alicyclic amines) is 1. The summed E-state index contributed by atoms with van der Waals surface area (Å²) in [7, 11) is -0.323. The van der Waals surface area contributed by atoms with Crippen LogP contribution >= 0.6 is 11.3 Å². The zero-order chi connectivity index (χ0) is 21.0. The van der Waals surface area contributed by atoms with Crippen molar-refractivity contribution < 1.29 is 13.2 Å². The third kappa shape index (κ3) is 5.72. The average molecular weight is 435 g/mol. The van der Waals surface area contributed by atoms with Crippen molar-refractivity contribution in [3.63, 3.8) is 0 Å². The zero-order valence-corrected chi connectivity index (χ0v) is 18.5. The van der Waals surface area contributed by atoms with Crippen LogP contribution in [-0.4, -0.2) is 55.7 Å². The van der Waals surface area contributed by atoms with E-state index in [1.54, 1.807) is 12.1 Å². The number of piperidine rings is 1. The minimum absolute atomic E-state index is 0.106. The fourth-order valence-electron chi connectivity index (χ4n) is 3.13. The molecule has 29 heavy (non-hydrogen) atoms. The van der Waals surface area contributed by atoms with E-state index in [-0.39, 0.29) is 5.91 Å². The number of aromatic nitrogens is 1. The van der Waals surface area contributed by atoms with Crippen LogP contribution in [0.1, 0.15) is 30.2 Å². The molecule has 1 aromatic carbocycles. The molecule has 2 heterocycles. The summed E-state index contributed by atoms with van der Waals surface area (Å²) in [6, 6.07) is 7.04. The number of hydrogen-bond donors (Lipinski definition) is 1. The van der Waals surface area contributed by atoms with E-state index in [0.29, 0.717) is 10.0 Å². The number of hydrogen-bond acceptors (Lipinski definition) is 6. The largest absolute Gasteiger partial charge is 0.302 e. The van der Waals surface area contributed by atoms with Crippen molar-refractivity contribution in [2.75, 3.05) is 32.5 Å². The van der Waals surface area contributed by atoms with Crippen molar-refractivity contribution in [3.8, 4) is 0 Å². The Balaban J connectivity index is 1.55. The summed E-state index contributed by atoms with van der Waals surface area (Å²) in [4.78, 5) is 19.2. The molecule has 3 rings (SSSR count). The first-order valence-corrected chi connectivity index (χ1v) is 11.7. The lowest BCUT2D eigenvalue weighted by Crippen LogP contribution is -2.29. The second-order valence-corrected chi connectivity index (χ2v) is 10.5. The van der Waals surface area contributed by atoms with Crippen molar-refractivity contribution in [1.82, 2.24) is 14.2 Å². The highest BCUT2D eigenvalue weighted by atomic mass is 32.2. The van der Waals surface area contributed by atoms with Gasteiger partial charge in [0.1, 0.15) is 0 Å². The minimum Gasteiger partial charge on any atom is -0.302 e. The summed E-state index contributed by atoms with van der Waals surface area (Å²) in [5.74, 6) is -0.106. The number of carbonyl (C=O) groups is 1. The maximum absolute atomic E-state index is 12.2. The molecular weight excluding hydrogens is 408 g/mol. The van der Waals surface area contributed by atoms with Gasteiger partial charge in [0.05, 0.1) is 4.90 Å². The normalized spacial score (nSPS) is 15.5. The Morgan fingerprint density at radius 3 is 2.48 bits per heavy atom. The van der Waals surface area contributed by atoms with Crippen LogP contribution in [0, 0.1) is 0 Å². The highest BCUT2D eigenvalue weighted by molar-refractivity contribution is 7.89. The van der Waals surface area contributed by atoms with Gasteiger partial charge < -0.3 is 5.32 Å². The smallest absolute Gasteiger partial charge is 0.242 e. The van der Waals surface area contributed by atoms with Gasteiger partial charge in [-0.1, -0.05) is 23.8 Å². The summed E-state index contributed by atoms with van der Waals surface area (Å²) in [5, 5.41) is 3.36. The molecule has 0 bridgehead atoms. The number of nitrogens with zero attached hydrogens (tertiary/aromatic N) is 3. The van der Waals surface area contributed by atoms with E-state index in [1.165, 1.54) is 42.2 Å². The second-order valence-electron chi connectivity index (χ2n) is 7.25. The van der Waals surface area contributed by atoms with Crippen molar-refractivity contribution in [3.05, 3.63) is 46.5 Å². The van der Waals surface area contributed by atoms with E-state index in [2.05, 4.69) is 21.3 Å². The first-order valence-electron chi connectivity index (χ1n) is 9.41. The standard InChI is InChI=1S/C20H26N4O3S2/c1-15(25)22-20-21-13-18(28-20)14-24-10-8-17(9-11-24)12-16-4-6-19(7-5-16)29(26,27)23(2)3/h4-7,12-13H,8-11,14H2,1-3H3,(H,21,22,25). The van der Waals surface area contributed by atoms with Crippen LogP contribution in [0.2, 0.25) is 0 Å². The Hall–Kier alpha value is -2.07. The third-order valence-corrected chi connectivity index (χ3v) is 7.47. The molecule has 1 aromatic heterocycles. The average Bonchev–Trinajstić information content (AvgIpc) is 3.09. The summed E-state index contributed by atoms with van der Waals surface area (Å²) in [6.07, 6.45) is 5.94. The van der Waals surface area contributed by atoms with Gasteiger partial charge in [0.25, 0.3) is 0 Å². The molecule has 9 heteroatoms. The van der Waals surface area contributed by atoms with Gasteiger partial charge in [-0.2, -0.15) is 0 Å². The maximum Gasteiger partial charge on any atom is 0.242 e. The van der Waals surface area contributed by atoms with Gasteiger partial charge in [-0.05, 0) is 30.5 Å². The van der Waals surface area contributed by atoms with E-state index >= 15 is 0 Å². The Morgan fingerprint density at radius 2 is 1.90 bits per heavy atom. The van der Waals surface area contributed by atoms with Gasteiger partial charge >= 0.3 is 0 Å². The van der Waals surface area contributed by atoms with E-state index < -0.39 is 10.0 Å². The molecule has 1 fully saturated rings. The minimum atomic E-state index is -3.39. The Kier molecular flexibility index (Phi) is 6.84. The topological polar surface area (TPSA) is 82.6 Å². The third-order valence-electron chi connectivity index (χ3n) is 4.74. The van der Waals surface area contributed by atoms with Crippen molar-refractivity contribution in [2.45, 2.75) is 31.2 Å². The molecule has 0 saturated carbocycles. The van der Waals surface area contributed by atoms with E-state index in [4.69, 9.17) is 0 Å². The summed E-state index contributed by atoms with van der Waals surface area (Å²) in [6.45, 7) is 4.24. The van der Waals surface area contributed by atoms with Crippen molar-refractivity contribution >= 4 is 38.5 Å². The molecule has 0 unspecified atom stereocenters. The fourth-order valence-corrected chi connectivity index (χ4v) is 4.94. The molecular formula is C20H26N4O3S2. The molecule has 156 valence electrons. The van der Waals surface area contributed by atoms with E-state index in [0.717, 1.165) is 42.9 Å². The van der Waals surface area contributed by atoms with E-state index in [9.17, 15) is 13.2 Å². The highest BCUT2D eigenvalue weighted by Crippen LogP contribution is 2.24. The van der Waals surface area contributed by atoms with Gasteiger partial charge in [-0.25, -0.2) is 17.7 Å². The van der Waals surface area contributed by atoms with Crippen LogP contribution in [0.25, 0.3) is 6.08 Å². The number of amides is 1. The first kappa shape index (κ1) is 21.6. The fraction of sp³-hybridized carbons (Fsp3) is 0.400. The highest BCUT2D eigenvalue weighted by Gasteiger charge is 2.17. The van der Waals surface area contributed by atoms with Crippen LogP contribution in [0.5, 0.6) is 0 Å². The lowest BCUT2D eigenvalue weighted by atomic mass is 10.0. The first-order chi connectivity index (χ1) is 13.7. The molecule has 0 radical (unpaired) electrons. The number of anilines is 1. The lowest BCUT2D eigenvalue weighted by molar-refractivity contribution is -0.114. The van der Waals surface area contributed by atoms with Crippen LogP contribution in [-0.2, 0) is 21.4 Å². The SMILES string of the molecule is CC(=O)Nc1ncc(CN2CCC(=Cc3ccc(S(=O)(=O)N(C)C)cc3)CC2)s1. The number of sulfonamides is 1. The molecule has 0 aliphatic carbocycles. The number of thiazole rings is 1. The van der Waals surface area contributed by atoms with Crippen LogP contribution < -0.4 is 5.32 Å². The molecule has 1 aliphatic heterocycles. The molecule has 2 aromatic rings. The quantitative estimate of drug-likeness (QED) is 0.756. The number of nitrogens with one attached hydrogen (secondary N) is 1. The number of benzene rings is 1. The van der Waals surface area contributed by atoms with Gasteiger partial charge in [0.2, 0.25) is 15.9 Å². The van der Waals surface area contributed by atoms with Gasteiger partial charge in [-0.3, -0.25) is 9.69 Å². The van der Waals surface area contributed by atoms with Crippen LogP contribution in [0.3, 0.4) is 0 Å². The maximum atomic E-state index is 12.2. The van der Waals surface area contributed by atoms with Gasteiger partial charge in [0.15, 0.2) is 5.13 Å². The monoisotopic (exact) mass is 434 g/mol. The zero-order valence-electron chi connectivity index (χ0n) is 16.9. The molecule has 0 spiro atoms. The van der Waals surface area contributed by atoms with E-state index in [1.807, 2.05) is 18.3 Å². The van der Waals surface area contributed by atoms with Gasteiger partial charge in [0, 0.05) is 51.7 Å². The summed E-state index contributed by atoms with van der Waals surface area (Å²) >= 11 is 1.51. The van der Waals surface area contributed by atoms with Gasteiger partial charge in [-0.15, -0.1) is 11.3 Å². The number of rotatable bonds is 6.